The molecule has 0 aliphatic heterocycles. The molecule has 1 amide bonds. The first kappa shape index (κ1) is 20.4. The second kappa shape index (κ2) is 8.78. The third-order valence-corrected chi connectivity index (χ3v) is 5.92. The maximum atomic E-state index is 13.0. The fraction of sp³-hybridized carbons (Fsp3) is 0.391. The lowest BCUT2D eigenvalue weighted by atomic mass is 9.79. The highest BCUT2D eigenvalue weighted by Gasteiger charge is 2.44. The molecule has 5 heteroatoms. The van der Waals surface area contributed by atoms with Gasteiger partial charge >= 0.3 is 5.97 Å². The minimum Gasteiger partial charge on any atom is -0.455 e. The van der Waals surface area contributed by atoms with Crippen molar-refractivity contribution in [1.29, 1.82) is 0 Å². The van der Waals surface area contributed by atoms with Gasteiger partial charge in [-0.2, -0.15) is 0 Å². The number of likely N-dealkylation sites (N-methyl/N-ethyl adjacent to an activating group) is 1. The molecule has 2 aromatic rings. The van der Waals surface area contributed by atoms with Crippen molar-refractivity contribution < 1.29 is 14.3 Å². The first-order valence-electron chi connectivity index (χ1n) is 9.64. The average Bonchev–Trinajstić information content (AvgIpc) is 3.19. The Bertz CT molecular complexity index is 841. The van der Waals surface area contributed by atoms with E-state index >= 15 is 0 Å². The van der Waals surface area contributed by atoms with Crippen molar-refractivity contribution in [3.63, 3.8) is 0 Å². The molecule has 0 N–H and O–H groups in total. The molecule has 28 heavy (non-hydrogen) atoms. The number of hydrogen-bond donors (Lipinski definition) is 0. The zero-order chi connectivity index (χ0) is 20.1. The highest BCUT2D eigenvalue weighted by molar-refractivity contribution is 6.30. The van der Waals surface area contributed by atoms with E-state index in [-0.39, 0.29) is 18.5 Å². The summed E-state index contributed by atoms with van der Waals surface area (Å²) in [5.41, 5.74) is 2.46. The molecule has 0 unspecified atom stereocenters. The Labute approximate surface area is 171 Å². The Balaban J connectivity index is 1.63. The molecule has 2 aromatic carbocycles. The molecule has 0 aromatic heterocycles. The topological polar surface area (TPSA) is 46.6 Å². The molecule has 1 saturated carbocycles. The number of hydrogen-bond acceptors (Lipinski definition) is 3. The van der Waals surface area contributed by atoms with Gasteiger partial charge in [0.05, 0.1) is 5.41 Å². The first-order valence-corrected chi connectivity index (χ1v) is 10.0. The van der Waals surface area contributed by atoms with E-state index in [4.69, 9.17) is 16.3 Å². The Hall–Kier alpha value is -2.33. The molecule has 0 bridgehead atoms. The predicted octanol–water partition coefficient (Wildman–Crippen LogP) is 4.66. The van der Waals surface area contributed by atoms with Crippen LogP contribution in [0.5, 0.6) is 0 Å². The van der Waals surface area contributed by atoms with Crippen LogP contribution in [0.3, 0.4) is 0 Å². The molecule has 3 rings (SSSR count). The van der Waals surface area contributed by atoms with Gasteiger partial charge in [-0.1, -0.05) is 60.8 Å². The van der Waals surface area contributed by atoms with Gasteiger partial charge in [-0.25, -0.2) is 0 Å². The molecular formula is C23H26ClNO3. The average molecular weight is 400 g/mol. The van der Waals surface area contributed by atoms with Crippen LogP contribution in [0, 0.1) is 6.92 Å². The van der Waals surface area contributed by atoms with Crippen LogP contribution in [0.15, 0.2) is 48.5 Å². The van der Waals surface area contributed by atoms with E-state index in [0.717, 1.165) is 42.4 Å². The van der Waals surface area contributed by atoms with Gasteiger partial charge in [0, 0.05) is 18.6 Å². The molecule has 0 saturated heterocycles. The third kappa shape index (κ3) is 4.39. The van der Waals surface area contributed by atoms with E-state index in [1.807, 2.05) is 43.3 Å². The number of carbonyl (C=O) groups excluding carboxylic acids is 2. The van der Waals surface area contributed by atoms with Crippen molar-refractivity contribution in [1.82, 2.24) is 4.90 Å². The van der Waals surface area contributed by atoms with Gasteiger partial charge in [-0.15, -0.1) is 0 Å². The Morgan fingerprint density at radius 2 is 1.71 bits per heavy atom. The van der Waals surface area contributed by atoms with E-state index < -0.39 is 5.41 Å². The molecule has 0 atom stereocenters. The summed E-state index contributed by atoms with van der Waals surface area (Å²) >= 11 is 5.99. The summed E-state index contributed by atoms with van der Waals surface area (Å²) in [7, 11) is 1.73. The van der Waals surface area contributed by atoms with E-state index in [0.29, 0.717) is 11.6 Å². The molecule has 1 aliphatic carbocycles. The first-order chi connectivity index (χ1) is 13.4. The minimum absolute atomic E-state index is 0.208. The van der Waals surface area contributed by atoms with Crippen molar-refractivity contribution in [2.45, 2.75) is 44.6 Å². The van der Waals surface area contributed by atoms with Gasteiger partial charge in [0.25, 0.3) is 5.91 Å². The minimum atomic E-state index is -0.667. The van der Waals surface area contributed by atoms with Crippen molar-refractivity contribution in [2.24, 2.45) is 0 Å². The lowest BCUT2D eigenvalue weighted by molar-refractivity contribution is -0.156. The number of esters is 1. The van der Waals surface area contributed by atoms with E-state index in [2.05, 4.69) is 0 Å². The Morgan fingerprint density at radius 3 is 2.36 bits per heavy atom. The molecule has 1 aliphatic rings. The normalized spacial score (nSPS) is 15.2. The van der Waals surface area contributed by atoms with Gasteiger partial charge in [0.15, 0.2) is 6.61 Å². The van der Waals surface area contributed by atoms with Crippen LogP contribution >= 0.6 is 11.6 Å². The zero-order valence-electron chi connectivity index (χ0n) is 16.4. The van der Waals surface area contributed by atoms with Gasteiger partial charge in [0.2, 0.25) is 0 Å². The van der Waals surface area contributed by atoms with E-state index in [9.17, 15) is 9.59 Å². The van der Waals surface area contributed by atoms with Gasteiger partial charge < -0.3 is 9.64 Å². The number of halogens is 1. The van der Waals surface area contributed by atoms with E-state index in [1.165, 1.54) is 0 Å². The second-order valence-corrected chi connectivity index (χ2v) is 7.98. The van der Waals surface area contributed by atoms with Crippen LogP contribution < -0.4 is 0 Å². The Kier molecular flexibility index (Phi) is 6.40. The summed E-state index contributed by atoms with van der Waals surface area (Å²) < 4.78 is 5.50. The van der Waals surface area contributed by atoms with Gasteiger partial charge in [-0.3, -0.25) is 9.59 Å². The summed E-state index contributed by atoms with van der Waals surface area (Å²) in [6, 6.07) is 15.3. The summed E-state index contributed by atoms with van der Waals surface area (Å²) in [5.74, 6) is -0.522. The maximum Gasteiger partial charge on any atom is 0.317 e. The third-order valence-electron chi connectivity index (χ3n) is 5.67. The van der Waals surface area contributed by atoms with Crippen LogP contribution in [0.1, 0.15) is 42.4 Å². The molecular weight excluding hydrogens is 374 g/mol. The number of ether oxygens (including phenoxy) is 1. The number of rotatable bonds is 6. The van der Waals surface area contributed by atoms with Crippen LogP contribution in [0.2, 0.25) is 5.02 Å². The highest BCUT2D eigenvalue weighted by atomic mass is 35.5. The lowest BCUT2D eigenvalue weighted by Gasteiger charge is -2.27. The van der Waals surface area contributed by atoms with Crippen molar-refractivity contribution in [3.05, 3.63) is 70.2 Å². The number of amides is 1. The van der Waals surface area contributed by atoms with Crippen molar-refractivity contribution in [3.8, 4) is 0 Å². The fourth-order valence-electron chi connectivity index (χ4n) is 3.86. The van der Waals surface area contributed by atoms with Crippen molar-refractivity contribution >= 4 is 23.5 Å². The van der Waals surface area contributed by atoms with Gasteiger partial charge in [0.1, 0.15) is 0 Å². The maximum absolute atomic E-state index is 13.0. The SMILES string of the molecule is Cc1ccccc1CN(C)C(=O)COC(=O)C1(c2ccc(Cl)cc2)CCCC1. The highest BCUT2D eigenvalue weighted by Crippen LogP contribution is 2.42. The van der Waals surface area contributed by atoms with Crippen LogP contribution in [-0.2, 0) is 26.3 Å². The largest absolute Gasteiger partial charge is 0.455 e. The number of carbonyl (C=O) groups is 2. The molecule has 0 heterocycles. The molecule has 4 nitrogen and oxygen atoms in total. The summed E-state index contributed by atoms with van der Waals surface area (Å²) in [4.78, 5) is 27.1. The Morgan fingerprint density at radius 1 is 1.07 bits per heavy atom. The summed E-state index contributed by atoms with van der Waals surface area (Å²) in [5, 5.41) is 0.637. The molecule has 0 radical (unpaired) electrons. The molecule has 148 valence electrons. The number of aryl methyl sites for hydroxylation is 1. The van der Waals surface area contributed by atoms with Crippen LogP contribution in [0.25, 0.3) is 0 Å². The van der Waals surface area contributed by atoms with E-state index in [1.54, 1.807) is 24.1 Å². The van der Waals surface area contributed by atoms with Crippen molar-refractivity contribution in [2.75, 3.05) is 13.7 Å². The number of benzene rings is 2. The quantitative estimate of drug-likeness (QED) is 0.663. The zero-order valence-corrected chi connectivity index (χ0v) is 17.2. The van der Waals surface area contributed by atoms with Crippen LogP contribution in [-0.4, -0.2) is 30.4 Å². The van der Waals surface area contributed by atoms with Crippen LogP contribution in [0.4, 0.5) is 0 Å². The fourth-order valence-corrected chi connectivity index (χ4v) is 3.99. The molecule has 0 spiro atoms. The summed E-state index contributed by atoms with van der Waals surface area (Å²) in [6.45, 7) is 2.27. The molecule has 1 fully saturated rings. The summed E-state index contributed by atoms with van der Waals surface area (Å²) in [6.07, 6.45) is 3.42. The smallest absolute Gasteiger partial charge is 0.317 e. The van der Waals surface area contributed by atoms with Gasteiger partial charge in [-0.05, 0) is 48.6 Å². The predicted molar refractivity (Wildman–Crippen MR) is 110 cm³/mol. The second-order valence-electron chi connectivity index (χ2n) is 7.55. The monoisotopic (exact) mass is 399 g/mol. The standard InChI is InChI=1S/C23H26ClNO3/c1-17-7-3-4-8-18(17)15-25(2)21(26)16-28-22(27)23(13-5-6-14-23)19-9-11-20(24)12-10-19/h3-4,7-12H,5-6,13-16H2,1-2H3. The lowest BCUT2D eigenvalue weighted by Crippen LogP contribution is -2.38. The number of nitrogens with zero attached hydrogens (tertiary/aromatic N) is 1.